The van der Waals surface area contributed by atoms with Crippen LogP contribution in [-0.4, -0.2) is 46.6 Å². The van der Waals surface area contributed by atoms with Crippen molar-refractivity contribution in [3.63, 3.8) is 0 Å². The van der Waals surface area contributed by atoms with Gasteiger partial charge in [0.1, 0.15) is 18.3 Å². The molecule has 6 nitrogen and oxygen atoms in total. The van der Waals surface area contributed by atoms with Crippen LogP contribution >= 0.6 is 0 Å². The summed E-state index contributed by atoms with van der Waals surface area (Å²) in [5.74, 6) is -1.93. The van der Waals surface area contributed by atoms with Crippen molar-refractivity contribution >= 4 is 11.9 Å². The lowest BCUT2D eigenvalue weighted by Gasteiger charge is -2.31. The molecule has 1 aliphatic heterocycles. The number of fused-ring (bicyclic) bond motifs is 1. The molecule has 2 rings (SSSR count). The normalized spacial score (nSPS) is 37.0. The van der Waals surface area contributed by atoms with Gasteiger partial charge in [0.15, 0.2) is 0 Å². The van der Waals surface area contributed by atoms with Crippen molar-refractivity contribution in [3.05, 3.63) is 47.1 Å². The topological polar surface area (TPSA) is 93.1 Å². The van der Waals surface area contributed by atoms with Gasteiger partial charge in [0.05, 0.1) is 12.0 Å². The van der Waals surface area contributed by atoms with E-state index in [2.05, 4.69) is 6.58 Å². The maximum absolute atomic E-state index is 12.2. The Labute approximate surface area is 153 Å². The maximum atomic E-state index is 12.2. The molecule has 0 bridgehead atoms. The van der Waals surface area contributed by atoms with Crippen LogP contribution in [0.15, 0.2) is 47.1 Å². The Balaban J connectivity index is 2.46. The zero-order valence-corrected chi connectivity index (χ0v) is 15.6. The number of aliphatic hydroxyl groups excluding tert-OH is 2. The number of esters is 2. The van der Waals surface area contributed by atoms with E-state index in [1.165, 1.54) is 0 Å². The number of hydrogen-bond acceptors (Lipinski definition) is 6. The lowest BCUT2D eigenvalue weighted by molar-refractivity contribution is -0.150. The largest absolute Gasteiger partial charge is 0.454 e. The molecule has 1 heterocycles. The van der Waals surface area contributed by atoms with Crippen molar-refractivity contribution in [3.8, 4) is 0 Å². The van der Waals surface area contributed by atoms with E-state index in [9.17, 15) is 19.8 Å². The van der Waals surface area contributed by atoms with Crippen LogP contribution in [0.5, 0.6) is 0 Å². The summed E-state index contributed by atoms with van der Waals surface area (Å²) in [6, 6.07) is 0. The molecule has 0 aromatic heterocycles. The van der Waals surface area contributed by atoms with E-state index in [4.69, 9.17) is 9.47 Å². The lowest BCUT2D eigenvalue weighted by atomic mass is 9.83. The van der Waals surface area contributed by atoms with Crippen molar-refractivity contribution in [2.75, 3.05) is 0 Å². The van der Waals surface area contributed by atoms with Gasteiger partial charge in [-0.3, -0.25) is 0 Å². The molecule has 0 amide bonds. The van der Waals surface area contributed by atoms with Crippen LogP contribution in [0.3, 0.4) is 0 Å². The van der Waals surface area contributed by atoms with Gasteiger partial charge in [0.25, 0.3) is 0 Å². The van der Waals surface area contributed by atoms with Gasteiger partial charge in [0.2, 0.25) is 0 Å². The molecule has 0 unspecified atom stereocenters. The van der Waals surface area contributed by atoms with Gasteiger partial charge >= 0.3 is 11.9 Å². The average molecular weight is 362 g/mol. The summed E-state index contributed by atoms with van der Waals surface area (Å²) in [6.07, 6.45) is 1.56. The molecule has 2 N–H and O–H groups in total. The van der Waals surface area contributed by atoms with Crippen LogP contribution in [-0.2, 0) is 19.1 Å². The number of ether oxygens (including phenoxy) is 2. The Morgan fingerprint density at radius 3 is 2.62 bits per heavy atom. The van der Waals surface area contributed by atoms with E-state index in [1.807, 2.05) is 0 Å². The summed E-state index contributed by atoms with van der Waals surface area (Å²) in [5.41, 5.74) is 1.76. The van der Waals surface area contributed by atoms with Crippen LogP contribution in [0.4, 0.5) is 0 Å². The third-order valence-electron chi connectivity index (χ3n) is 4.99. The molecule has 1 saturated heterocycles. The highest BCUT2D eigenvalue weighted by atomic mass is 16.6. The van der Waals surface area contributed by atoms with Crippen LogP contribution in [0, 0.1) is 5.92 Å². The summed E-state index contributed by atoms with van der Waals surface area (Å²) in [5, 5.41) is 21.2. The molecule has 0 aromatic carbocycles. The molecule has 2 aliphatic rings. The minimum absolute atomic E-state index is 0.123. The molecule has 0 saturated carbocycles. The van der Waals surface area contributed by atoms with Crippen LogP contribution in [0.25, 0.3) is 0 Å². The van der Waals surface area contributed by atoms with E-state index in [0.717, 1.165) is 0 Å². The first kappa shape index (κ1) is 20.1. The maximum Gasteiger partial charge on any atom is 0.334 e. The van der Waals surface area contributed by atoms with Gasteiger partial charge in [-0.15, -0.1) is 0 Å². The van der Waals surface area contributed by atoms with Gasteiger partial charge in [-0.05, 0) is 51.3 Å². The second kappa shape index (κ2) is 8.01. The molecule has 6 heteroatoms. The van der Waals surface area contributed by atoms with Gasteiger partial charge in [-0.25, -0.2) is 9.59 Å². The van der Waals surface area contributed by atoms with E-state index in [-0.39, 0.29) is 5.57 Å². The molecule has 1 aliphatic carbocycles. The standard InChI is InChI=1S/C20H26O6/c1-6-10(2)19(23)26-18-11(3)7-8-14(21)12(4)9-15-16(17(18)22)13(5)20(24)25-15/h6-7,9,14-18,21-22H,5,8H2,1-4H3/b10-6-,11-7+,12-9-/t14-,15+,16+,17-,18-/m1/s1. The molecular weight excluding hydrogens is 336 g/mol. The van der Waals surface area contributed by atoms with Crippen molar-refractivity contribution in [1.82, 2.24) is 0 Å². The third kappa shape index (κ3) is 3.97. The minimum Gasteiger partial charge on any atom is -0.454 e. The Hall–Kier alpha value is -2.18. The molecule has 0 aromatic rings. The summed E-state index contributed by atoms with van der Waals surface area (Å²) >= 11 is 0. The predicted molar refractivity (Wildman–Crippen MR) is 96.0 cm³/mol. The fourth-order valence-corrected chi connectivity index (χ4v) is 3.06. The minimum atomic E-state index is -1.21. The average Bonchev–Trinajstić information content (AvgIpc) is 2.88. The summed E-state index contributed by atoms with van der Waals surface area (Å²) < 4.78 is 10.8. The van der Waals surface area contributed by atoms with E-state index in [1.54, 1.807) is 45.9 Å². The van der Waals surface area contributed by atoms with Crippen molar-refractivity contribution in [1.29, 1.82) is 0 Å². The molecule has 1 fully saturated rings. The van der Waals surface area contributed by atoms with Crippen LogP contribution < -0.4 is 0 Å². The zero-order valence-electron chi connectivity index (χ0n) is 15.6. The molecular formula is C20H26O6. The molecule has 26 heavy (non-hydrogen) atoms. The summed E-state index contributed by atoms with van der Waals surface area (Å²) in [4.78, 5) is 24.2. The third-order valence-corrected chi connectivity index (χ3v) is 4.99. The predicted octanol–water partition coefficient (Wildman–Crippen LogP) is 1.98. The highest BCUT2D eigenvalue weighted by molar-refractivity contribution is 5.91. The SMILES string of the molecule is C=C1C(=O)O[C@H]2/C=C(/C)[C@H](O)C/C=C(\C)[C@@H](OC(=O)/C(C)=C\C)[C@H](O)[C@@H]12. The number of carbonyl (C=O) groups is 2. The molecule has 0 spiro atoms. The summed E-state index contributed by atoms with van der Waals surface area (Å²) in [7, 11) is 0. The highest BCUT2D eigenvalue weighted by Crippen LogP contribution is 2.35. The monoisotopic (exact) mass is 362 g/mol. The van der Waals surface area contributed by atoms with Gasteiger partial charge in [-0.2, -0.15) is 0 Å². The van der Waals surface area contributed by atoms with Crippen molar-refractivity contribution in [2.45, 2.75) is 58.5 Å². The second-order valence-electron chi connectivity index (χ2n) is 6.82. The first-order chi connectivity index (χ1) is 12.2. The Kier molecular flexibility index (Phi) is 6.21. The first-order valence-corrected chi connectivity index (χ1v) is 8.62. The van der Waals surface area contributed by atoms with Crippen molar-refractivity contribution in [2.24, 2.45) is 5.92 Å². The molecule has 142 valence electrons. The Bertz CT molecular complexity index is 699. The zero-order chi connectivity index (χ0) is 19.6. The second-order valence-corrected chi connectivity index (χ2v) is 6.82. The number of rotatable bonds is 2. The van der Waals surface area contributed by atoms with Gasteiger partial charge in [0, 0.05) is 11.1 Å². The lowest BCUT2D eigenvalue weighted by Crippen LogP contribution is -2.42. The fraction of sp³-hybridized carbons (Fsp3) is 0.500. The quantitative estimate of drug-likeness (QED) is 0.443. The molecule has 5 atom stereocenters. The molecule has 0 radical (unpaired) electrons. The van der Waals surface area contributed by atoms with Crippen molar-refractivity contribution < 1.29 is 29.3 Å². The van der Waals surface area contributed by atoms with Crippen LogP contribution in [0.2, 0.25) is 0 Å². The highest BCUT2D eigenvalue weighted by Gasteiger charge is 2.46. The number of aliphatic hydroxyl groups is 2. The smallest absolute Gasteiger partial charge is 0.334 e. The van der Waals surface area contributed by atoms with Crippen LogP contribution in [0.1, 0.15) is 34.1 Å². The van der Waals surface area contributed by atoms with Gasteiger partial charge in [-0.1, -0.05) is 18.7 Å². The van der Waals surface area contributed by atoms with E-state index in [0.29, 0.717) is 23.1 Å². The summed E-state index contributed by atoms with van der Waals surface area (Å²) in [6.45, 7) is 10.5. The fourth-order valence-electron chi connectivity index (χ4n) is 3.06. The Morgan fingerprint density at radius 1 is 1.35 bits per heavy atom. The number of allylic oxidation sites excluding steroid dienone is 1. The van der Waals surface area contributed by atoms with E-state index >= 15 is 0 Å². The number of hydrogen-bond donors (Lipinski definition) is 2. The number of carbonyl (C=O) groups excluding carboxylic acids is 2. The Morgan fingerprint density at radius 2 is 2.00 bits per heavy atom. The first-order valence-electron chi connectivity index (χ1n) is 8.62. The van der Waals surface area contributed by atoms with E-state index < -0.39 is 42.3 Å². The van der Waals surface area contributed by atoms with Gasteiger partial charge < -0.3 is 19.7 Å².